The third kappa shape index (κ3) is 4.87. The van der Waals surface area contributed by atoms with Crippen LogP contribution in [0.25, 0.3) is 0 Å². The van der Waals surface area contributed by atoms with Crippen molar-refractivity contribution in [2.45, 2.75) is 26.1 Å². The number of nitrogens with zero attached hydrogens (tertiary/aromatic N) is 1. The van der Waals surface area contributed by atoms with Gasteiger partial charge in [-0.25, -0.2) is 4.74 Å². The van der Waals surface area contributed by atoms with E-state index in [-0.39, 0.29) is 6.42 Å². The predicted molar refractivity (Wildman–Crippen MR) is 97.0 cm³/mol. The molecule has 0 saturated heterocycles. The van der Waals surface area contributed by atoms with Crippen molar-refractivity contribution >= 4 is 28.9 Å². The van der Waals surface area contributed by atoms with Crippen molar-refractivity contribution in [1.82, 2.24) is 0 Å². The van der Waals surface area contributed by atoms with Crippen molar-refractivity contribution < 1.29 is 14.6 Å². The smallest absolute Gasteiger partial charge is 0.163 e. The van der Waals surface area contributed by atoms with Gasteiger partial charge in [0.15, 0.2) is 5.71 Å². The standard InChI is InChI=1S/C18H19Cl2NO3/c1-12(21(2)23)8-17(22)15-9-14(19)10-16(20)18(15)24-11-13-6-4-3-5-7-13/h3-7,9-10,17,22H,8,11H2,1-2H3. The summed E-state index contributed by atoms with van der Waals surface area (Å²) in [6.07, 6.45) is -0.776. The summed E-state index contributed by atoms with van der Waals surface area (Å²) in [6.45, 7) is 1.97. The van der Waals surface area contributed by atoms with Crippen molar-refractivity contribution in [2.24, 2.45) is 0 Å². The molecule has 24 heavy (non-hydrogen) atoms. The molecule has 0 fully saturated rings. The molecule has 4 nitrogen and oxygen atoms in total. The van der Waals surface area contributed by atoms with E-state index < -0.39 is 6.10 Å². The molecule has 6 heteroatoms. The van der Waals surface area contributed by atoms with Crippen molar-refractivity contribution in [3.8, 4) is 5.75 Å². The van der Waals surface area contributed by atoms with Crippen LogP contribution in [0.5, 0.6) is 5.75 Å². The van der Waals surface area contributed by atoms with Crippen LogP contribution in [0, 0.1) is 5.21 Å². The molecule has 0 aliphatic rings. The van der Waals surface area contributed by atoms with Gasteiger partial charge in [-0.05, 0) is 17.7 Å². The molecule has 0 saturated carbocycles. The van der Waals surface area contributed by atoms with Crippen molar-refractivity contribution in [2.75, 3.05) is 7.05 Å². The molecule has 0 amide bonds. The maximum absolute atomic E-state index is 11.3. The van der Waals surface area contributed by atoms with E-state index in [1.807, 2.05) is 30.3 Å². The van der Waals surface area contributed by atoms with Crippen molar-refractivity contribution in [3.63, 3.8) is 0 Å². The van der Waals surface area contributed by atoms with Gasteiger partial charge in [-0.1, -0.05) is 53.5 Å². The molecule has 1 atom stereocenters. The Balaban J connectivity index is 2.28. The summed E-state index contributed by atoms with van der Waals surface area (Å²) >= 11 is 12.3. The van der Waals surface area contributed by atoms with Crippen LogP contribution in [0.15, 0.2) is 42.5 Å². The summed E-state index contributed by atoms with van der Waals surface area (Å²) in [4.78, 5) is 0. The minimum atomic E-state index is -0.941. The van der Waals surface area contributed by atoms with Gasteiger partial charge in [-0.15, -0.1) is 0 Å². The molecule has 0 aliphatic heterocycles. The van der Waals surface area contributed by atoms with Gasteiger partial charge in [0.2, 0.25) is 0 Å². The SMILES string of the molecule is CC(CC(O)c1cc(Cl)cc(Cl)c1OCc1ccccc1)=[N+](C)[O-]. The largest absolute Gasteiger partial charge is 0.624 e. The lowest BCUT2D eigenvalue weighted by Gasteiger charge is -2.18. The van der Waals surface area contributed by atoms with Crippen molar-refractivity contribution in [1.29, 1.82) is 0 Å². The van der Waals surface area contributed by atoms with E-state index in [0.717, 1.165) is 10.3 Å². The highest BCUT2D eigenvalue weighted by atomic mass is 35.5. The first-order valence-electron chi connectivity index (χ1n) is 7.45. The Bertz CT molecular complexity index is 729. The Morgan fingerprint density at radius 3 is 2.54 bits per heavy atom. The molecular weight excluding hydrogens is 349 g/mol. The Morgan fingerprint density at radius 2 is 1.92 bits per heavy atom. The maximum atomic E-state index is 11.3. The summed E-state index contributed by atoms with van der Waals surface area (Å²) in [5, 5.41) is 22.5. The second kappa shape index (κ2) is 8.38. The van der Waals surface area contributed by atoms with Crippen LogP contribution in [0.2, 0.25) is 10.0 Å². The maximum Gasteiger partial charge on any atom is 0.163 e. The van der Waals surface area contributed by atoms with E-state index in [9.17, 15) is 10.3 Å². The number of ether oxygens (including phenoxy) is 1. The molecular formula is C18H19Cl2NO3. The molecule has 0 aromatic heterocycles. The highest BCUT2D eigenvalue weighted by Gasteiger charge is 2.20. The highest BCUT2D eigenvalue weighted by molar-refractivity contribution is 6.35. The first-order chi connectivity index (χ1) is 11.4. The van der Waals surface area contributed by atoms with E-state index in [2.05, 4.69) is 0 Å². The quantitative estimate of drug-likeness (QED) is 0.351. The lowest BCUT2D eigenvalue weighted by Crippen LogP contribution is -2.13. The minimum absolute atomic E-state index is 0.165. The molecule has 2 aromatic carbocycles. The lowest BCUT2D eigenvalue weighted by molar-refractivity contribution is -0.425. The first kappa shape index (κ1) is 18.6. The number of hydrogen-bond donors (Lipinski definition) is 1. The first-order valence-corrected chi connectivity index (χ1v) is 8.21. The topological polar surface area (TPSA) is 55.5 Å². The van der Waals surface area contributed by atoms with Crippen LogP contribution in [-0.2, 0) is 6.61 Å². The average Bonchev–Trinajstić information content (AvgIpc) is 2.54. The summed E-state index contributed by atoms with van der Waals surface area (Å²) in [6, 6.07) is 12.8. The number of hydrogen-bond acceptors (Lipinski definition) is 3. The Morgan fingerprint density at radius 1 is 1.25 bits per heavy atom. The molecule has 0 spiro atoms. The average molecular weight is 368 g/mol. The summed E-state index contributed by atoms with van der Waals surface area (Å²) in [7, 11) is 1.39. The molecule has 128 valence electrons. The zero-order valence-electron chi connectivity index (χ0n) is 13.5. The van der Waals surface area contributed by atoms with Gasteiger partial charge < -0.3 is 15.1 Å². The van der Waals surface area contributed by atoms with E-state index in [0.29, 0.717) is 33.7 Å². The Labute approximate surface area is 151 Å². The summed E-state index contributed by atoms with van der Waals surface area (Å²) < 4.78 is 6.54. The van der Waals surface area contributed by atoms with Crippen LogP contribution in [0.4, 0.5) is 0 Å². The highest BCUT2D eigenvalue weighted by Crippen LogP contribution is 2.37. The number of aliphatic hydroxyl groups excluding tert-OH is 1. The fraction of sp³-hybridized carbons (Fsp3) is 0.278. The number of hydroxylamine groups is 1. The normalized spacial score (nSPS) is 13.4. The number of halogens is 2. The minimum Gasteiger partial charge on any atom is -0.624 e. The summed E-state index contributed by atoms with van der Waals surface area (Å²) in [5.41, 5.74) is 1.93. The van der Waals surface area contributed by atoms with Gasteiger partial charge in [0.1, 0.15) is 19.4 Å². The molecule has 0 heterocycles. The van der Waals surface area contributed by atoms with Crippen molar-refractivity contribution in [3.05, 3.63) is 68.8 Å². The van der Waals surface area contributed by atoms with Crippen LogP contribution < -0.4 is 4.74 Å². The number of benzene rings is 2. The monoisotopic (exact) mass is 367 g/mol. The molecule has 1 unspecified atom stereocenters. The molecule has 0 bridgehead atoms. The molecule has 0 radical (unpaired) electrons. The third-order valence-corrected chi connectivity index (χ3v) is 4.15. The van der Waals surface area contributed by atoms with Gasteiger partial charge in [0.05, 0.1) is 17.5 Å². The zero-order chi connectivity index (χ0) is 17.7. The second-order valence-corrected chi connectivity index (χ2v) is 6.38. The van der Waals surface area contributed by atoms with E-state index in [1.165, 1.54) is 7.05 Å². The number of rotatable bonds is 6. The molecule has 2 aromatic rings. The van der Waals surface area contributed by atoms with Gasteiger partial charge in [0, 0.05) is 17.5 Å². The van der Waals surface area contributed by atoms with Crippen LogP contribution in [0.3, 0.4) is 0 Å². The van der Waals surface area contributed by atoms with Gasteiger partial charge in [-0.2, -0.15) is 0 Å². The second-order valence-electron chi connectivity index (χ2n) is 5.53. The Hall–Kier alpha value is -1.75. The van der Waals surface area contributed by atoms with Gasteiger partial charge in [-0.3, -0.25) is 0 Å². The predicted octanol–water partition coefficient (Wildman–Crippen LogP) is 4.60. The van der Waals surface area contributed by atoms with E-state index in [1.54, 1.807) is 19.1 Å². The van der Waals surface area contributed by atoms with Crippen LogP contribution in [-0.4, -0.2) is 22.6 Å². The lowest BCUT2D eigenvalue weighted by atomic mass is 10.0. The summed E-state index contributed by atoms with van der Waals surface area (Å²) in [5.74, 6) is 0.374. The fourth-order valence-electron chi connectivity index (χ4n) is 2.23. The van der Waals surface area contributed by atoms with Crippen LogP contribution >= 0.6 is 23.2 Å². The van der Waals surface area contributed by atoms with E-state index in [4.69, 9.17) is 27.9 Å². The van der Waals surface area contributed by atoms with Gasteiger partial charge in [0.25, 0.3) is 0 Å². The van der Waals surface area contributed by atoms with Crippen LogP contribution in [0.1, 0.15) is 30.6 Å². The third-order valence-electron chi connectivity index (χ3n) is 3.65. The van der Waals surface area contributed by atoms with E-state index >= 15 is 0 Å². The fourth-order valence-corrected chi connectivity index (χ4v) is 2.79. The molecule has 1 N–H and O–H groups in total. The zero-order valence-corrected chi connectivity index (χ0v) is 15.0. The molecule has 2 rings (SSSR count). The Kier molecular flexibility index (Phi) is 6.49. The number of aliphatic hydroxyl groups is 1. The van der Waals surface area contributed by atoms with Gasteiger partial charge >= 0.3 is 0 Å². The molecule has 0 aliphatic carbocycles.